The molecule has 3 heteroatoms. The van der Waals surface area contributed by atoms with Crippen molar-refractivity contribution in [2.24, 2.45) is 0 Å². The zero-order chi connectivity index (χ0) is 12.3. The molecule has 2 nitrogen and oxygen atoms in total. The smallest absolute Gasteiger partial charge is 0.213 e. The van der Waals surface area contributed by atoms with Crippen LogP contribution in [-0.2, 0) is 0 Å². The molecule has 0 spiro atoms. The summed E-state index contributed by atoms with van der Waals surface area (Å²) in [6.07, 6.45) is 2.86. The number of methoxy groups -OCH3 is 1. The van der Waals surface area contributed by atoms with E-state index in [0.29, 0.717) is 11.4 Å². The molecule has 0 saturated heterocycles. The number of ether oxygens (including phenoxy) is 1. The van der Waals surface area contributed by atoms with Crippen LogP contribution in [0.2, 0.25) is 0 Å². The van der Waals surface area contributed by atoms with Gasteiger partial charge in [0.1, 0.15) is 5.82 Å². The van der Waals surface area contributed by atoms with Crippen LogP contribution in [0.5, 0.6) is 5.88 Å². The van der Waals surface area contributed by atoms with E-state index in [1.54, 1.807) is 12.1 Å². The molecule has 1 aromatic carbocycles. The fourth-order valence-electron chi connectivity index (χ4n) is 1.66. The van der Waals surface area contributed by atoms with Crippen molar-refractivity contribution in [2.45, 2.75) is 0 Å². The molecule has 0 N–H and O–H groups in total. The highest BCUT2D eigenvalue weighted by Crippen LogP contribution is 2.28. The lowest BCUT2D eigenvalue weighted by molar-refractivity contribution is 0.396. The second-order valence-electron chi connectivity index (χ2n) is 3.50. The van der Waals surface area contributed by atoms with Crippen LogP contribution in [0.4, 0.5) is 4.39 Å². The van der Waals surface area contributed by atoms with Gasteiger partial charge in [0.15, 0.2) is 0 Å². The first-order chi connectivity index (χ1) is 8.26. The van der Waals surface area contributed by atoms with Gasteiger partial charge in [-0.15, -0.1) is 0 Å². The lowest BCUT2D eigenvalue weighted by Crippen LogP contribution is -1.93. The first-order valence-electron chi connectivity index (χ1n) is 5.17. The molecule has 17 heavy (non-hydrogen) atoms. The van der Waals surface area contributed by atoms with Gasteiger partial charge in [-0.05, 0) is 11.1 Å². The number of rotatable bonds is 3. The number of aromatic nitrogens is 1. The summed E-state index contributed by atoms with van der Waals surface area (Å²) in [4.78, 5) is 3.82. The first-order valence-corrected chi connectivity index (χ1v) is 5.17. The van der Waals surface area contributed by atoms with Crippen molar-refractivity contribution < 1.29 is 9.13 Å². The molecule has 86 valence electrons. The summed E-state index contributed by atoms with van der Waals surface area (Å²) in [5.41, 5.74) is 2.12. The summed E-state index contributed by atoms with van der Waals surface area (Å²) in [5, 5.41) is 0. The van der Waals surface area contributed by atoms with Crippen molar-refractivity contribution in [3.63, 3.8) is 0 Å². The van der Waals surface area contributed by atoms with E-state index in [4.69, 9.17) is 4.74 Å². The van der Waals surface area contributed by atoms with E-state index in [-0.39, 0.29) is 5.82 Å². The van der Waals surface area contributed by atoms with E-state index in [0.717, 1.165) is 17.3 Å². The van der Waals surface area contributed by atoms with E-state index >= 15 is 0 Å². The molecule has 1 heterocycles. The van der Waals surface area contributed by atoms with Crippen molar-refractivity contribution in [1.82, 2.24) is 4.98 Å². The predicted molar refractivity (Wildman–Crippen MR) is 66.3 cm³/mol. The van der Waals surface area contributed by atoms with Gasteiger partial charge in [-0.25, -0.2) is 9.37 Å². The zero-order valence-electron chi connectivity index (χ0n) is 9.48. The summed E-state index contributed by atoms with van der Waals surface area (Å²) in [7, 11) is 1.50. The SMILES string of the molecule is C=Cc1ccccc1-c1cc(OC)ncc1F. The number of benzene rings is 1. The van der Waals surface area contributed by atoms with E-state index in [1.807, 2.05) is 24.3 Å². The summed E-state index contributed by atoms with van der Waals surface area (Å²) in [5.74, 6) is 0.0142. The molecule has 0 fully saturated rings. The van der Waals surface area contributed by atoms with Gasteiger partial charge in [-0.2, -0.15) is 0 Å². The van der Waals surface area contributed by atoms with Crippen LogP contribution in [0, 0.1) is 5.82 Å². The third-order valence-electron chi connectivity index (χ3n) is 2.51. The van der Waals surface area contributed by atoms with Crippen molar-refractivity contribution in [3.8, 4) is 17.0 Å². The molecule has 0 bridgehead atoms. The number of pyridine rings is 1. The molecule has 0 radical (unpaired) electrons. The van der Waals surface area contributed by atoms with Crippen LogP contribution in [0.15, 0.2) is 43.1 Å². The quantitative estimate of drug-likeness (QED) is 0.803. The Labute approximate surface area is 99.4 Å². The lowest BCUT2D eigenvalue weighted by atomic mass is 10.0. The molecule has 2 aromatic rings. The third-order valence-corrected chi connectivity index (χ3v) is 2.51. The fraction of sp³-hybridized carbons (Fsp3) is 0.0714. The van der Waals surface area contributed by atoms with Crippen LogP contribution < -0.4 is 4.74 Å². The highest BCUT2D eigenvalue weighted by Gasteiger charge is 2.10. The Kier molecular flexibility index (Phi) is 3.19. The largest absolute Gasteiger partial charge is 0.481 e. The molecular formula is C14H12FNO. The highest BCUT2D eigenvalue weighted by molar-refractivity contribution is 5.75. The topological polar surface area (TPSA) is 22.1 Å². The molecule has 0 aliphatic carbocycles. The predicted octanol–water partition coefficient (Wildman–Crippen LogP) is 3.54. The molecule has 0 amide bonds. The van der Waals surface area contributed by atoms with Crippen LogP contribution in [0.25, 0.3) is 17.2 Å². The van der Waals surface area contributed by atoms with Gasteiger partial charge in [-0.1, -0.05) is 36.9 Å². The molecule has 0 unspecified atom stereocenters. The fourth-order valence-corrected chi connectivity index (χ4v) is 1.66. The lowest BCUT2D eigenvalue weighted by Gasteiger charge is -2.08. The minimum absolute atomic E-state index is 0.375. The summed E-state index contributed by atoms with van der Waals surface area (Å²) < 4.78 is 18.8. The molecule has 0 aliphatic rings. The zero-order valence-corrected chi connectivity index (χ0v) is 9.48. The Morgan fingerprint density at radius 1 is 1.29 bits per heavy atom. The maximum absolute atomic E-state index is 13.8. The van der Waals surface area contributed by atoms with Gasteiger partial charge in [-0.3, -0.25) is 0 Å². The van der Waals surface area contributed by atoms with E-state index < -0.39 is 0 Å². The van der Waals surface area contributed by atoms with Gasteiger partial charge in [0.05, 0.1) is 13.3 Å². The van der Waals surface area contributed by atoms with Crippen LogP contribution in [-0.4, -0.2) is 12.1 Å². The van der Waals surface area contributed by atoms with Crippen molar-refractivity contribution in [3.05, 3.63) is 54.5 Å². The van der Waals surface area contributed by atoms with Crippen molar-refractivity contribution in [2.75, 3.05) is 7.11 Å². The minimum Gasteiger partial charge on any atom is -0.481 e. The Morgan fingerprint density at radius 3 is 2.76 bits per heavy atom. The molecule has 0 saturated carbocycles. The van der Waals surface area contributed by atoms with Crippen molar-refractivity contribution in [1.29, 1.82) is 0 Å². The maximum Gasteiger partial charge on any atom is 0.213 e. The van der Waals surface area contributed by atoms with E-state index in [9.17, 15) is 4.39 Å². The molecular weight excluding hydrogens is 217 g/mol. The van der Waals surface area contributed by atoms with Crippen molar-refractivity contribution >= 4 is 6.08 Å². The van der Waals surface area contributed by atoms with Crippen LogP contribution >= 0.6 is 0 Å². The average molecular weight is 229 g/mol. The third kappa shape index (κ3) is 2.18. The number of hydrogen-bond donors (Lipinski definition) is 0. The Bertz CT molecular complexity index is 552. The Hall–Kier alpha value is -2.16. The number of nitrogens with zero attached hydrogens (tertiary/aromatic N) is 1. The van der Waals surface area contributed by atoms with Gasteiger partial charge >= 0.3 is 0 Å². The second-order valence-corrected chi connectivity index (χ2v) is 3.50. The highest BCUT2D eigenvalue weighted by atomic mass is 19.1. The van der Waals surface area contributed by atoms with Gasteiger partial charge in [0, 0.05) is 11.6 Å². The summed E-state index contributed by atoms with van der Waals surface area (Å²) >= 11 is 0. The van der Waals surface area contributed by atoms with E-state index in [1.165, 1.54) is 7.11 Å². The average Bonchev–Trinajstić information content (AvgIpc) is 2.39. The van der Waals surface area contributed by atoms with Crippen LogP contribution in [0.1, 0.15) is 5.56 Å². The monoisotopic (exact) mass is 229 g/mol. The summed E-state index contributed by atoms with van der Waals surface area (Å²) in [6, 6.07) is 9.05. The normalized spacial score (nSPS) is 10.0. The Balaban J connectivity index is 2.62. The Morgan fingerprint density at radius 2 is 2.06 bits per heavy atom. The van der Waals surface area contributed by atoms with Gasteiger partial charge in [0.25, 0.3) is 0 Å². The van der Waals surface area contributed by atoms with Gasteiger partial charge in [0.2, 0.25) is 5.88 Å². The maximum atomic E-state index is 13.8. The summed E-state index contributed by atoms with van der Waals surface area (Å²) in [6.45, 7) is 3.72. The molecule has 1 aromatic heterocycles. The van der Waals surface area contributed by atoms with Crippen LogP contribution in [0.3, 0.4) is 0 Å². The van der Waals surface area contributed by atoms with E-state index in [2.05, 4.69) is 11.6 Å². The second kappa shape index (κ2) is 4.78. The number of hydrogen-bond acceptors (Lipinski definition) is 2. The number of halogens is 1. The van der Waals surface area contributed by atoms with Gasteiger partial charge < -0.3 is 4.74 Å². The molecule has 0 atom stereocenters. The molecule has 2 rings (SSSR count). The first kappa shape index (κ1) is 11.3. The standard InChI is InChI=1S/C14H12FNO/c1-3-10-6-4-5-7-11(10)12-8-14(17-2)16-9-13(12)15/h3-9H,1H2,2H3. The minimum atomic E-state index is -0.375. The molecule has 0 aliphatic heterocycles.